The fraction of sp³-hybridized carbons (Fsp3) is 0.569. The van der Waals surface area contributed by atoms with E-state index in [2.05, 4.69) is 191 Å². The second-order valence-corrected chi connectivity index (χ2v) is 19.9. The van der Waals surface area contributed by atoms with Gasteiger partial charge in [0, 0.05) is 19.3 Å². The summed E-state index contributed by atoms with van der Waals surface area (Å²) in [7, 11) is 0. The summed E-state index contributed by atoms with van der Waals surface area (Å²) in [5, 5.41) is 0. The van der Waals surface area contributed by atoms with Crippen LogP contribution in [0.1, 0.15) is 245 Å². The lowest BCUT2D eigenvalue weighted by Crippen LogP contribution is -2.30. The number of allylic oxidation sites excluding steroid dienone is 28. The van der Waals surface area contributed by atoms with E-state index in [0.717, 1.165) is 135 Å². The van der Waals surface area contributed by atoms with E-state index in [1.807, 2.05) is 0 Å². The maximum absolute atomic E-state index is 12.9. The molecule has 0 spiro atoms. The van der Waals surface area contributed by atoms with Crippen LogP contribution < -0.4 is 0 Å². The molecule has 0 aliphatic rings. The van der Waals surface area contributed by atoms with E-state index in [4.69, 9.17) is 14.2 Å². The normalized spacial score (nSPS) is 13.3. The molecule has 0 N–H and O–H groups in total. The van der Waals surface area contributed by atoms with E-state index in [1.165, 1.54) is 57.8 Å². The Bertz CT molecular complexity index is 1810. The maximum Gasteiger partial charge on any atom is 0.306 e. The SMILES string of the molecule is CC/C=C\C/C=C\C/C=C\C/C=C\C/C=C\C/C=C\C/C=C\C/C=C\C/C=C\CCCC(=O)OCC(COC(=O)CCCCCCCCCCCCCC)OC(=O)CCCCC/C=C\C/C=C\C/C=C\C/C=C\C/C=C\CC. The lowest BCUT2D eigenvalue weighted by atomic mass is 10.0. The third-order valence-electron chi connectivity index (χ3n) is 12.5. The van der Waals surface area contributed by atoms with Crippen molar-refractivity contribution >= 4 is 17.9 Å². The van der Waals surface area contributed by atoms with Crippen LogP contribution in [0.4, 0.5) is 0 Å². The average molecular weight is 1070 g/mol. The maximum atomic E-state index is 12.9. The van der Waals surface area contributed by atoms with E-state index < -0.39 is 6.10 Å². The zero-order chi connectivity index (χ0) is 56.4. The predicted molar refractivity (Wildman–Crippen MR) is 338 cm³/mol. The molecule has 1 unspecified atom stereocenters. The summed E-state index contributed by atoms with van der Waals surface area (Å²) in [6.07, 6.45) is 95.0. The highest BCUT2D eigenvalue weighted by molar-refractivity contribution is 5.71. The number of carbonyl (C=O) groups excluding carboxylic acids is 3. The first-order valence-corrected chi connectivity index (χ1v) is 31.1. The summed E-state index contributed by atoms with van der Waals surface area (Å²) < 4.78 is 16.8. The fourth-order valence-corrected chi connectivity index (χ4v) is 7.88. The Balaban J connectivity index is 4.50. The Morgan fingerprint density at radius 2 is 0.513 bits per heavy atom. The Kier molecular flexibility index (Phi) is 60.0. The fourth-order valence-electron chi connectivity index (χ4n) is 7.88. The number of esters is 3. The van der Waals surface area contributed by atoms with Crippen molar-refractivity contribution in [3.63, 3.8) is 0 Å². The van der Waals surface area contributed by atoms with Crippen molar-refractivity contribution in [3.05, 3.63) is 170 Å². The van der Waals surface area contributed by atoms with Crippen LogP contribution in [0, 0.1) is 0 Å². The van der Waals surface area contributed by atoms with Crippen molar-refractivity contribution in [2.45, 2.75) is 252 Å². The smallest absolute Gasteiger partial charge is 0.306 e. The summed E-state index contributed by atoms with van der Waals surface area (Å²) >= 11 is 0. The molecule has 0 aromatic carbocycles. The van der Waals surface area contributed by atoms with E-state index in [9.17, 15) is 14.4 Å². The molecule has 0 aromatic rings. The summed E-state index contributed by atoms with van der Waals surface area (Å²) in [6, 6.07) is 0. The lowest BCUT2D eigenvalue weighted by Gasteiger charge is -2.18. The van der Waals surface area contributed by atoms with Gasteiger partial charge in [0.2, 0.25) is 0 Å². The predicted octanol–water partition coefficient (Wildman–Crippen LogP) is 21.5. The molecule has 0 rings (SSSR count). The number of hydrogen-bond acceptors (Lipinski definition) is 6. The van der Waals surface area contributed by atoms with Crippen molar-refractivity contribution in [2.24, 2.45) is 0 Å². The lowest BCUT2D eigenvalue weighted by molar-refractivity contribution is -0.167. The topological polar surface area (TPSA) is 78.9 Å². The molecule has 436 valence electrons. The Labute approximate surface area is 479 Å². The van der Waals surface area contributed by atoms with Gasteiger partial charge in [-0.2, -0.15) is 0 Å². The monoisotopic (exact) mass is 1070 g/mol. The van der Waals surface area contributed by atoms with Gasteiger partial charge in [0.05, 0.1) is 0 Å². The first kappa shape index (κ1) is 72.8. The highest BCUT2D eigenvalue weighted by Gasteiger charge is 2.19. The van der Waals surface area contributed by atoms with Gasteiger partial charge in [0.15, 0.2) is 6.10 Å². The summed E-state index contributed by atoms with van der Waals surface area (Å²) in [5.74, 6) is -1.02. The van der Waals surface area contributed by atoms with Gasteiger partial charge in [-0.05, 0) is 128 Å². The highest BCUT2D eigenvalue weighted by atomic mass is 16.6. The molecule has 0 heterocycles. The van der Waals surface area contributed by atoms with Crippen LogP contribution in [0.5, 0.6) is 0 Å². The zero-order valence-electron chi connectivity index (χ0n) is 49.9. The third-order valence-corrected chi connectivity index (χ3v) is 12.5. The molecule has 0 aliphatic heterocycles. The van der Waals surface area contributed by atoms with Crippen LogP contribution in [-0.2, 0) is 28.6 Å². The van der Waals surface area contributed by atoms with Gasteiger partial charge in [-0.3, -0.25) is 14.4 Å². The molecule has 0 aromatic heterocycles. The molecule has 6 nitrogen and oxygen atoms in total. The molecule has 1 atom stereocenters. The molecule has 0 radical (unpaired) electrons. The van der Waals surface area contributed by atoms with Gasteiger partial charge < -0.3 is 14.2 Å². The van der Waals surface area contributed by atoms with Crippen molar-refractivity contribution in [2.75, 3.05) is 13.2 Å². The van der Waals surface area contributed by atoms with Gasteiger partial charge in [0.25, 0.3) is 0 Å². The van der Waals surface area contributed by atoms with Crippen LogP contribution >= 0.6 is 0 Å². The van der Waals surface area contributed by atoms with Gasteiger partial charge in [-0.25, -0.2) is 0 Å². The number of carbonyl (C=O) groups is 3. The number of hydrogen-bond donors (Lipinski definition) is 0. The summed E-state index contributed by atoms with van der Waals surface area (Å²) in [5.41, 5.74) is 0. The largest absolute Gasteiger partial charge is 0.462 e. The quantitative estimate of drug-likeness (QED) is 0.0261. The van der Waals surface area contributed by atoms with Gasteiger partial charge in [-0.1, -0.05) is 268 Å². The van der Waals surface area contributed by atoms with E-state index >= 15 is 0 Å². The molecule has 0 saturated carbocycles. The van der Waals surface area contributed by atoms with Crippen LogP contribution in [0.2, 0.25) is 0 Å². The first-order valence-electron chi connectivity index (χ1n) is 31.1. The van der Waals surface area contributed by atoms with E-state index in [-0.39, 0.29) is 44.0 Å². The van der Waals surface area contributed by atoms with Crippen molar-refractivity contribution in [3.8, 4) is 0 Å². The van der Waals surface area contributed by atoms with E-state index in [0.29, 0.717) is 19.3 Å². The van der Waals surface area contributed by atoms with Crippen LogP contribution in [-0.4, -0.2) is 37.2 Å². The minimum absolute atomic E-state index is 0.115. The minimum Gasteiger partial charge on any atom is -0.462 e. The van der Waals surface area contributed by atoms with Crippen LogP contribution in [0.3, 0.4) is 0 Å². The van der Waals surface area contributed by atoms with Crippen LogP contribution in [0.15, 0.2) is 170 Å². The highest BCUT2D eigenvalue weighted by Crippen LogP contribution is 2.14. The average Bonchev–Trinajstić information content (AvgIpc) is 3.44. The van der Waals surface area contributed by atoms with E-state index in [1.54, 1.807) is 0 Å². The van der Waals surface area contributed by atoms with Crippen molar-refractivity contribution < 1.29 is 28.6 Å². The second-order valence-electron chi connectivity index (χ2n) is 19.9. The molecule has 0 aliphatic carbocycles. The molecule has 78 heavy (non-hydrogen) atoms. The molecular weight excluding hydrogens is 961 g/mol. The summed E-state index contributed by atoms with van der Waals surface area (Å²) in [6.45, 7) is 6.32. The molecular formula is C72H112O6. The van der Waals surface area contributed by atoms with Gasteiger partial charge in [-0.15, -0.1) is 0 Å². The first-order chi connectivity index (χ1) is 38.5. The molecule has 0 fully saturated rings. The Hall–Kier alpha value is -5.23. The number of rotatable bonds is 54. The Morgan fingerprint density at radius 1 is 0.269 bits per heavy atom. The molecule has 0 bridgehead atoms. The van der Waals surface area contributed by atoms with Gasteiger partial charge >= 0.3 is 17.9 Å². The van der Waals surface area contributed by atoms with Crippen LogP contribution in [0.25, 0.3) is 0 Å². The minimum atomic E-state index is -0.827. The van der Waals surface area contributed by atoms with Crippen molar-refractivity contribution in [1.82, 2.24) is 0 Å². The summed E-state index contributed by atoms with van der Waals surface area (Å²) in [4.78, 5) is 38.2. The second kappa shape index (κ2) is 64.3. The number of ether oxygens (including phenoxy) is 3. The van der Waals surface area contributed by atoms with Crippen molar-refractivity contribution in [1.29, 1.82) is 0 Å². The standard InChI is InChI=1S/C72H112O6/c1-4-7-10-13-16-19-22-25-27-29-31-32-33-34-35-36-37-38-39-40-42-43-45-47-50-53-56-59-62-65-71(74)77-68-69(67-76-70(73)64-61-58-55-52-49-24-21-18-15-12-9-6-3)78-72(75)66-63-60-57-54-51-48-46-44-41-30-28-26-23-20-17-14-11-8-5-2/h7-8,10-11,16-17,19-20,25-28,31-32,34-35,37-38,40-42,44-45,47-48,51,53,56,69H,4-6,9,12-15,18,21-24,29-30,33,36,39,43,46,49-50,52,54-55,57-68H2,1-3H3/b10-7-,11-8-,19-16-,20-17-,27-25-,28-26-,32-31-,35-34-,38-37-,42-40-,44-41-,47-45-,51-48-,56-53-. The molecule has 6 heteroatoms. The zero-order valence-corrected chi connectivity index (χ0v) is 49.9. The Morgan fingerprint density at radius 3 is 0.833 bits per heavy atom. The molecule has 0 saturated heterocycles. The van der Waals surface area contributed by atoms with Gasteiger partial charge in [0.1, 0.15) is 13.2 Å². The molecule has 0 amide bonds. The third kappa shape index (κ3) is 61.6. The number of unbranched alkanes of at least 4 members (excludes halogenated alkanes) is 15.